The van der Waals surface area contributed by atoms with Crippen LogP contribution in [0.3, 0.4) is 0 Å². The first-order valence-corrected chi connectivity index (χ1v) is 6.84. The molecule has 0 amide bonds. The molecular weight excluding hydrogens is 242 g/mol. The van der Waals surface area contributed by atoms with Gasteiger partial charge in [-0.3, -0.25) is 4.98 Å². The first-order chi connectivity index (χ1) is 9.22. The van der Waals surface area contributed by atoms with Gasteiger partial charge in [0.05, 0.1) is 5.52 Å². The molecule has 5 nitrogen and oxygen atoms in total. The standard InChI is InChI=1S/C14H19N3O2/c15-11(8-10-3-1-2-6-16-10)9-4-5-13-12(7-9)17-14(18)19-13/h4-5,7,10-11,16H,1-3,6,8,15H2,(H,17,18). The van der Waals surface area contributed by atoms with E-state index in [1.807, 2.05) is 12.1 Å². The summed E-state index contributed by atoms with van der Waals surface area (Å²) < 4.78 is 4.99. The van der Waals surface area contributed by atoms with Gasteiger partial charge in [-0.25, -0.2) is 4.79 Å². The van der Waals surface area contributed by atoms with Crippen LogP contribution >= 0.6 is 0 Å². The van der Waals surface area contributed by atoms with Crippen LogP contribution in [0, 0.1) is 0 Å². The molecule has 2 aromatic rings. The van der Waals surface area contributed by atoms with Gasteiger partial charge in [-0.05, 0) is 43.5 Å². The van der Waals surface area contributed by atoms with Crippen LogP contribution in [0.15, 0.2) is 27.4 Å². The number of benzene rings is 1. The van der Waals surface area contributed by atoms with Gasteiger partial charge in [-0.2, -0.15) is 0 Å². The highest BCUT2D eigenvalue weighted by molar-refractivity contribution is 5.72. The molecule has 5 heteroatoms. The third-order valence-corrected chi connectivity index (χ3v) is 3.82. The predicted octanol–water partition coefficient (Wildman–Crippen LogP) is 1.65. The van der Waals surface area contributed by atoms with Crippen molar-refractivity contribution in [2.75, 3.05) is 6.54 Å². The normalized spacial score (nSPS) is 21.6. The maximum Gasteiger partial charge on any atom is 0.417 e. The fourth-order valence-corrected chi connectivity index (χ4v) is 2.77. The summed E-state index contributed by atoms with van der Waals surface area (Å²) in [4.78, 5) is 13.8. The molecular formula is C14H19N3O2. The summed E-state index contributed by atoms with van der Waals surface area (Å²) in [5.41, 5.74) is 8.60. The van der Waals surface area contributed by atoms with Crippen molar-refractivity contribution < 1.29 is 4.42 Å². The van der Waals surface area contributed by atoms with Crippen molar-refractivity contribution in [3.05, 3.63) is 34.3 Å². The number of nitrogens with two attached hydrogens (primary N) is 1. The number of piperidine rings is 1. The Morgan fingerprint density at radius 3 is 3.11 bits per heavy atom. The van der Waals surface area contributed by atoms with Crippen molar-refractivity contribution in [2.45, 2.75) is 37.8 Å². The third kappa shape index (κ3) is 2.72. The second-order valence-corrected chi connectivity index (χ2v) is 5.26. The van der Waals surface area contributed by atoms with Gasteiger partial charge in [0.25, 0.3) is 0 Å². The second kappa shape index (κ2) is 5.19. The van der Waals surface area contributed by atoms with Gasteiger partial charge in [0, 0.05) is 12.1 Å². The van der Waals surface area contributed by atoms with E-state index in [2.05, 4.69) is 10.3 Å². The van der Waals surface area contributed by atoms with Crippen LogP contribution in [0.5, 0.6) is 0 Å². The summed E-state index contributed by atoms with van der Waals surface area (Å²) in [5.74, 6) is -0.422. The van der Waals surface area contributed by atoms with E-state index >= 15 is 0 Å². The lowest BCUT2D eigenvalue weighted by atomic mass is 9.94. The zero-order chi connectivity index (χ0) is 13.2. The summed E-state index contributed by atoms with van der Waals surface area (Å²) in [6.45, 7) is 1.09. The van der Waals surface area contributed by atoms with Gasteiger partial charge < -0.3 is 15.5 Å². The van der Waals surface area contributed by atoms with Crippen molar-refractivity contribution >= 4 is 11.1 Å². The van der Waals surface area contributed by atoms with Crippen LogP contribution in [0.4, 0.5) is 0 Å². The number of hydrogen-bond donors (Lipinski definition) is 3. The Balaban J connectivity index is 1.76. The zero-order valence-corrected chi connectivity index (χ0v) is 10.8. The first kappa shape index (κ1) is 12.4. The quantitative estimate of drug-likeness (QED) is 0.784. The van der Waals surface area contributed by atoms with Crippen molar-refractivity contribution in [3.8, 4) is 0 Å². The number of aromatic nitrogens is 1. The van der Waals surface area contributed by atoms with Crippen molar-refractivity contribution in [1.82, 2.24) is 10.3 Å². The van der Waals surface area contributed by atoms with Crippen molar-refractivity contribution in [2.24, 2.45) is 5.73 Å². The Bertz CT molecular complexity index is 610. The Kier molecular flexibility index (Phi) is 3.40. The average Bonchev–Trinajstić information content (AvgIpc) is 2.78. The molecule has 1 fully saturated rings. The number of oxazole rings is 1. The van der Waals surface area contributed by atoms with E-state index in [-0.39, 0.29) is 6.04 Å². The van der Waals surface area contributed by atoms with Gasteiger partial charge in [-0.15, -0.1) is 0 Å². The van der Waals surface area contributed by atoms with Crippen LogP contribution in [-0.4, -0.2) is 17.6 Å². The molecule has 102 valence electrons. The SMILES string of the molecule is NC(CC1CCCCN1)c1ccc2oc(=O)[nH]c2c1. The summed E-state index contributed by atoms with van der Waals surface area (Å²) >= 11 is 0. The number of aromatic amines is 1. The van der Waals surface area contributed by atoms with Crippen LogP contribution in [0.1, 0.15) is 37.3 Å². The van der Waals surface area contributed by atoms with Crippen LogP contribution in [-0.2, 0) is 0 Å². The van der Waals surface area contributed by atoms with E-state index in [9.17, 15) is 4.79 Å². The Morgan fingerprint density at radius 1 is 1.42 bits per heavy atom. The van der Waals surface area contributed by atoms with E-state index in [0.717, 1.165) is 24.0 Å². The van der Waals surface area contributed by atoms with E-state index in [4.69, 9.17) is 10.2 Å². The predicted molar refractivity (Wildman–Crippen MR) is 74.0 cm³/mol. The fourth-order valence-electron chi connectivity index (χ4n) is 2.77. The number of nitrogens with one attached hydrogen (secondary N) is 2. The highest BCUT2D eigenvalue weighted by atomic mass is 16.4. The van der Waals surface area contributed by atoms with Gasteiger partial charge >= 0.3 is 5.76 Å². The molecule has 0 aliphatic carbocycles. The molecule has 3 rings (SSSR count). The Labute approximate surface area is 111 Å². The van der Waals surface area contributed by atoms with Gasteiger partial charge in [0.2, 0.25) is 0 Å². The molecule has 19 heavy (non-hydrogen) atoms. The maximum atomic E-state index is 11.1. The summed E-state index contributed by atoms with van der Waals surface area (Å²) in [6.07, 6.45) is 4.65. The van der Waals surface area contributed by atoms with Gasteiger partial charge in [0.1, 0.15) is 0 Å². The van der Waals surface area contributed by atoms with Crippen LogP contribution < -0.4 is 16.8 Å². The topological polar surface area (TPSA) is 84.0 Å². The molecule has 4 N–H and O–H groups in total. The van der Waals surface area contributed by atoms with E-state index < -0.39 is 5.76 Å². The molecule has 0 spiro atoms. The monoisotopic (exact) mass is 261 g/mol. The molecule has 0 saturated carbocycles. The Hall–Kier alpha value is -1.59. The molecule has 1 aromatic heterocycles. The highest BCUT2D eigenvalue weighted by Gasteiger charge is 2.17. The minimum Gasteiger partial charge on any atom is -0.408 e. The lowest BCUT2D eigenvalue weighted by molar-refractivity contribution is 0.362. The minimum absolute atomic E-state index is 0.0154. The smallest absolute Gasteiger partial charge is 0.408 e. The summed E-state index contributed by atoms with van der Waals surface area (Å²) in [6, 6.07) is 6.14. The van der Waals surface area contributed by atoms with Crippen molar-refractivity contribution in [3.63, 3.8) is 0 Å². The largest absolute Gasteiger partial charge is 0.417 e. The van der Waals surface area contributed by atoms with Crippen LogP contribution in [0.2, 0.25) is 0 Å². The lowest BCUT2D eigenvalue weighted by Gasteiger charge is -2.26. The summed E-state index contributed by atoms with van der Waals surface area (Å²) in [7, 11) is 0. The van der Waals surface area contributed by atoms with E-state index in [1.54, 1.807) is 6.07 Å². The minimum atomic E-state index is -0.422. The third-order valence-electron chi connectivity index (χ3n) is 3.82. The average molecular weight is 261 g/mol. The van der Waals surface area contributed by atoms with Crippen molar-refractivity contribution in [1.29, 1.82) is 0 Å². The van der Waals surface area contributed by atoms with Gasteiger partial charge in [-0.1, -0.05) is 12.5 Å². The molecule has 2 heterocycles. The molecule has 2 unspecified atom stereocenters. The lowest BCUT2D eigenvalue weighted by Crippen LogP contribution is -2.36. The number of fused-ring (bicyclic) bond motifs is 1. The first-order valence-electron chi connectivity index (χ1n) is 6.84. The maximum absolute atomic E-state index is 11.1. The summed E-state index contributed by atoms with van der Waals surface area (Å²) in [5, 5.41) is 3.50. The second-order valence-electron chi connectivity index (χ2n) is 5.26. The van der Waals surface area contributed by atoms with E-state index in [0.29, 0.717) is 11.6 Å². The molecule has 1 aliphatic heterocycles. The Morgan fingerprint density at radius 2 is 2.32 bits per heavy atom. The number of rotatable bonds is 3. The zero-order valence-electron chi connectivity index (χ0n) is 10.8. The molecule has 1 aliphatic rings. The molecule has 0 radical (unpaired) electrons. The molecule has 1 saturated heterocycles. The molecule has 2 atom stereocenters. The highest BCUT2D eigenvalue weighted by Crippen LogP contribution is 2.22. The molecule has 0 bridgehead atoms. The van der Waals surface area contributed by atoms with E-state index in [1.165, 1.54) is 19.3 Å². The molecule has 1 aromatic carbocycles. The number of H-pyrrole nitrogens is 1. The fraction of sp³-hybridized carbons (Fsp3) is 0.500. The number of hydrogen-bond acceptors (Lipinski definition) is 4. The van der Waals surface area contributed by atoms with Crippen LogP contribution in [0.25, 0.3) is 11.1 Å². The van der Waals surface area contributed by atoms with Gasteiger partial charge in [0.15, 0.2) is 5.58 Å².